The fraction of sp³-hybridized carbons (Fsp3) is 0.467. The van der Waals surface area contributed by atoms with Crippen LogP contribution in [0.5, 0.6) is 0 Å². The number of nitrogens with one attached hydrogen (secondary N) is 2. The molecule has 1 unspecified atom stereocenters. The third-order valence-electron chi connectivity index (χ3n) is 2.61. The van der Waals surface area contributed by atoms with E-state index in [9.17, 15) is 9.59 Å². The van der Waals surface area contributed by atoms with Crippen LogP contribution in [0.25, 0.3) is 0 Å². The highest BCUT2D eigenvalue weighted by Crippen LogP contribution is 2.18. The van der Waals surface area contributed by atoms with Crippen molar-refractivity contribution < 1.29 is 9.59 Å². The predicted octanol–water partition coefficient (Wildman–Crippen LogP) is 2.79. The Morgan fingerprint density at radius 1 is 1.25 bits per heavy atom. The Labute approximate surface area is 128 Å². The van der Waals surface area contributed by atoms with Gasteiger partial charge in [-0.3, -0.25) is 9.59 Å². The summed E-state index contributed by atoms with van der Waals surface area (Å²) in [5, 5.41) is 5.54. The normalized spacial score (nSPS) is 12.7. The summed E-state index contributed by atoms with van der Waals surface area (Å²) in [6.07, 6.45) is 0. The zero-order valence-electron chi connectivity index (χ0n) is 12.5. The number of amides is 2. The summed E-state index contributed by atoms with van der Waals surface area (Å²) in [5.41, 5.74) is 1.20. The zero-order valence-corrected chi connectivity index (χ0v) is 14.1. The maximum Gasteiger partial charge on any atom is 0.253 e. The lowest BCUT2D eigenvalue weighted by Gasteiger charge is -2.23. The van der Waals surface area contributed by atoms with Gasteiger partial charge in [-0.05, 0) is 62.7 Å². The Morgan fingerprint density at radius 3 is 2.40 bits per heavy atom. The van der Waals surface area contributed by atoms with Crippen molar-refractivity contribution in [2.45, 2.75) is 46.2 Å². The molecule has 0 bridgehead atoms. The molecule has 1 rings (SSSR count). The molecule has 2 N–H and O–H groups in total. The van der Waals surface area contributed by atoms with Gasteiger partial charge in [-0.1, -0.05) is 11.6 Å². The highest BCUT2D eigenvalue weighted by molar-refractivity contribution is 9.10. The minimum Gasteiger partial charge on any atom is -0.350 e. The second kappa shape index (κ2) is 6.39. The summed E-state index contributed by atoms with van der Waals surface area (Å²) in [6.45, 7) is 9.28. The van der Waals surface area contributed by atoms with Crippen LogP contribution in [0.15, 0.2) is 22.7 Å². The third-order valence-corrected chi connectivity index (χ3v) is 3.30. The summed E-state index contributed by atoms with van der Waals surface area (Å²) in [4.78, 5) is 24.1. The van der Waals surface area contributed by atoms with Gasteiger partial charge in [0.25, 0.3) is 5.91 Å². The minimum atomic E-state index is -0.589. The number of hydrogen-bond acceptors (Lipinski definition) is 2. The monoisotopic (exact) mass is 340 g/mol. The molecule has 110 valence electrons. The van der Waals surface area contributed by atoms with Crippen LogP contribution in [0.2, 0.25) is 0 Å². The van der Waals surface area contributed by atoms with Gasteiger partial charge in [0.05, 0.1) is 5.56 Å². The Morgan fingerprint density at radius 2 is 1.85 bits per heavy atom. The lowest BCUT2D eigenvalue weighted by atomic mass is 10.1. The summed E-state index contributed by atoms with van der Waals surface area (Å²) in [5.74, 6) is -0.466. The molecule has 0 fully saturated rings. The lowest BCUT2D eigenvalue weighted by molar-refractivity contribution is -0.124. The number of halogens is 1. The molecule has 0 saturated carbocycles. The van der Waals surface area contributed by atoms with E-state index < -0.39 is 6.04 Å². The van der Waals surface area contributed by atoms with E-state index in [-0.39, 0.29) is 17.4 Å². The smallest absolute Gasteiger partial charge is 0.253 e. The van der Waals surface area contributed by atoms with Gasteiger partial charge in [0, 0.05) is 10.0 Å². The lowest BCUT2D eigenvalue weighted by Crippen LogP contribution is -2.50. The molecule has 0 aliphatic heterocycles. The standard InChI is InChI=1S/C15H21BrN2O2/c1-9-6-7-12(16)11(8-9)14(20)17-10(2)13(19)18-15(3,4)5/h6-8,10H,1-5H3,(H,17,20)(H,18,19). The van der Waals surface area contributed by atoms with Gasteiger partial charge in [-0.25, -0.2) is 0 Å². The first-order valence-corrected chi connectivity index (χ1v) is 7.28. The number of aryl methyl sites for hydroxylation is 1. The van der Waals surface area contributed by atoms with Gasteiger partial charge < -0.3 is 10.6 Å². The van der Waals surface area contributed by atoms with Crippen LogP contribution in [0.3, 0.4) is 0 Å². The average Bonchev–Trinajstić information content (AvgIpc) is 2.29. The van der Waals surface area contributed by atoms with E-state index >= 15 is 0 Å². The van der Waals surface area contributed by atoms with E-state index in [1.807, 2.05) is 39.8 Å². The second-order valence-electron chi connectivity index (χ2n) is 5.92. The number of hydrogen-bond donors (Lipinski definition) is 2. The van der Waals surface area contributed by atoms with Crippen LogP contribution in [0.4, 0.5) is 0 Å². The zero-order chi connectivity index (χ0) is 15.5. The Balaban J connectivity index is 2.75. The molecule has 4 nitrogen and oxygen atoms in total. The van der Waals surface area contributed by atoms with Crippen LogP contribution in [0.1, 0.15) is 43.6 Å². The number of benzene rings is 1. The largest absolute Gasteiger partial charge is 0.350 e. The first-order valence-electron chi connectivity index (χ1n) is 6.49. The van der Waals surface area contributed by atoms with E-state index in [0.29, 0.717) is 10.0 Å². The third kappa shape index (κ3) is 4.96. The van der Waals surface area contributed by atoms with Crippen LogP contribution in [-0.4, -0.2) is 23.4 Å². The molecule has 0 aliphatic rings. The highest BCUT2D eigenvalue weighted by atomic mass is 79.9. The SMILES string of the molecule is Cc1ccc(Br)c(C(=O)NC(C)C(=O)NC(C)(C)C)c1. The predicted molar refractivity (Wildman–Crippen MR) is 83.7 cm³/mol. The van der Waals surface area contributed by atoms with E-state index in [4.69, 9.17) is 0 Å². The van der Waals surface area contributed by atoms with Gasteiger partial charge in [0.15, 0.2) is 0 Å². The molecule has 1 aromatic carbocycles. The molecule has 2 amide bonds. The van der Waals surface area contributed by atoms with Crippen molar-refractivity contribution in [3.63, 3.8) is 0 Å². The van der Waals surface area contributed by atoms with Crippen molar-refractivity contribution in [1.29, 1.82) is 0 Å². The topological polar surface area (TPSA) is 58.2 Å². The van der Waals surface area contributed by atoms with Crippen LogP contribution < -0.4 is 10.6 Å². The molecule has 0 radical (unpaired) electrons. The molecule has 0 aromatic heterocycles. The first-order chi connectivity index (χ1) is 9.10. The molecule has 5 heteroatoms. The Hall–Kier alpha value is -1.36. The van der Waals surface area contributed by atoms with Gasteiger partial charge in [0.1, 0.15) is 6.04 Å². The molecule has 0 aliphatic carbocycles. The summed E-state index contributed by atoms with van der Waals surface area (Å²) in [7, 11) is 0. The summed E-state index contributed by atoms with van der Waals surface area (Å²) < 4.78 is 0.712. The molecular weight excluding hydrogens is 320 g/mol. The Bertz CT molecular complexity index is 521. The number of carbonyl (C=O) groups excluding carboxylic acids is 2. The molecule has 1 aromatic rings. The molecule has 0 spiro atoms. The van der Waals surface area contributed by atoms with Gasteiger partial charge >= 0.3 is 0 Å². The number of carbonyl (C=O) groups is 2. The van der Waals surface area contributed by atoms with Gasteiger partial charge in [0.2, 0.25) is 5.91 Å². The van der Waals surface area contributed by atoms with Crippen LogP contribution >= 0.6 is 15.9 Å². The van der Waals surface area contributed by atoms with E-state index in [0.717, 1.165) is 5.56 Å². The van der Waals surface area contributed by atoms with E-state index in [2.05, 4.69) is 26.6 Å². The molecule has 0 saturated heterocycles. The van der Waals surface area contributed by atoms with Crippen molar-refractivity contribution in [2.24, 2.45) is 0 Å². The first kappa shape index (κ1) is 16.7. The maximum absolute atomic E-state index is 12.2. The Kier molecular flexibility index (Phi) is 5.34. The van der Waals surface area contributed by atoms with Crippen molar-refractivity contribution in [2.75, 3.05) is 0 Å². The van der Waals surface area contributed by atoms with Crippen molar-refractivity contribution in [3.8, 4) is 0 Å². The molecular formula is C15H21BrN2O2. The quantitative estimate of drug-likeness (QED) is 0.888. The molecule has 1 atom stereocenters. The van der Waals surface area contributed by atoms with Crippen molar-refractivity contribution in [3.05, 3.63) is 33.8 Å². The molecule has 20 heavy (non-hydrogen) atoms. The van der Waals surface area contributed by atoms with Crippen LogP contribution in [0, 0.1) is 6.92 Å². The van der Waals surface area contributed by atoms with Gasteiger partial charge in [-0.2, -0.15) is 0 Å². The summed E-state index contributed by atoms with van der Waals surface area (Å²) in [6, 6.07) is 4.93. The second-order valence-corrected chi connectivity index (χ2v) is 6.77. The van der Waals surface area contributed by atoms with Crippen molar-refractivity contribution in [1.82, 2.24) is 10.6 Å². The van der Waals surface area contributed by atoms with E-state index in [1.54, 1.807) is 13.0 Å². The van der Waals surface area contributed by atoms with Gasteiger partial charge in [-0.15, -0.1) is 0 Å². The maximum atomic E-state index is 12.2. The average molecular weight is 341 g/mol. The van der Waals surface area contributed by atoms with Crippen LogP contribution in [-0.2, 0) is 4.79 Å². The number of rotatable bonds is 3. The fourth-order valence-electron chi connectivity index (χ4n) is 1.63. The molecule has 0 heterocycles. The van der Waals surface area contributed by atoms with E-state index in [1.165, 1.54) is 0 Å². The fourth-order valence-corrected chi connectivity index (χ4v) is 2.06. The van der Waals surface area contributed by atoms with Crippen molar-refractivity contribution >= 4 is 27.7 Å². The minimum absolute atomic E-state index is 0.199. The highest BCUT2D eigenvalue weighted by Gasteiger charge is 2.21. The summed E-state index contributed by atoms with van der Waals surface area (Å²) >= 11 is 3.35.